The predicted molar refractivity (Wildman–Crippen MR) is 179 cm³/mol. The summed E-state index contributed by atoms with van der Waals surface area (Å²) in [4.78, 5) is 0. The SMILES string of the molecule is CC1=CC(C)[N](c2c(C(C)C)cccc2C(C)C)[Ge]([O][C@H](c2ccccc2)C(F)(F)F)[N]1c1c(C(C)C)cccc1C(C)C. The van der Waals surface area contributed by atoms with Crippen molar-refractivity contribution in [1.29, 1.82) is 0 Å². The molecule has 0 aromatic heterocycles. The minimum absolute atomic E-state index is 0.127. The van der Waals surface area contributed by atoms with Crippen LogP contribution in [0.2, 0.25) is 0 Å². The van der Waals surface area contributed by atoms with Gasteiger partial charge in [-0.05, 0) is 0 Å². The molecular weight excluding hydrogens is 618 g/mol. The summed E-state index contributed by atoms with van der Waals surface area (Å²) in [6, 6.07) is 20.6. The Hall–Kier alpha value is -2.71. The number of hydrogen-bond donors (Lipinski definition) is 0. The Morgan fingerprint density at radius 1 is 0.659 bits per heavy atom. The number of halogens is 3. The minimum atomic E-state index is -4.59. The van der Waals surface area contributed by atoms with Gasteiger partial charge >= 0.3 is 269 Å². The number of alkyl halides is 3. The van der Waals surface area contributed by atoms with Crippen LogP contribution in [0.5, 0.6) is 0 Å². The van der Waals surface area contributed by atoms with Crippen molar-refractivity contribution >= 4 is 26.5 Å². The third-order valence-electron chi connectivity index (χ3n) is 8.41. The zero-order chi connectivity index (χ0) is 32.5. The average molecular weight is 666 g/mol. The number of rotatable bonds is 9. The summed E-state index contributed by atoms with van der Waals surface area (Å²) in [5, 5.41) is 0. The zero-order valence-electron chi connectivity index (χ0n) is 27.8. The van der Waals surface area contributed by atoms with E-state index in [4.69, 9.17) is 3.76 Å². The molecule has 1 radical (unpaired) electrons. The van der Waals surface area contributed by atoms with Crippen molar-refractivity contribution in [3.05, 3.63) is 106 Å². The summed E-state index contributed by atoms with van der Waals surface area (Å²) < 4.78 is 56.5. The summed E-state index contributed by atoms with van der Waals surface area (Å²) in [5.74, 6) is 0.700. The molecule has 1 unspecified atom stereocenters. The topological polar surface area (TPSA) is 15.7 Å². The van der Waals surface area contributed by atoms with Gasteiger partial charge in [0.25, 0.3) is 0 Å². The van der Waals surface area contributed by atoms with Crippen molar-refractivity contribution in [3.63, 3.8) is 0 Å². The van der Waals surface area contributed by atoms with E-state index in [1.165, 1.54) is 12.1 Å². The molecule has 0 fully saturated rings. The molecule has 7 heteroatoms. The first-order chi connectivity index (χ1) is 20.6. The van der Waals surface area contributed by atoms with Crippen LogP contribution in [0, 0.1) is 0 Å². The number of anilines is 2. The van der Waals surface area contributed by atoms with Gasteiger partial charge < -0.3 is 0 Å². The molecule has 0 N–H and O–H groups in total. The van der Waals surface area contributed by atoms with Crippen LogP contribution < -0.4 is 7.71 Å². The number of allylic oxidation sites excluding steroid dienone is 1. The molecule has 237 valence electrons. The molecule has 3 aromatic carbocycles. The van der Waals surface area contributed by atoms with E-state index in [9.17, 15) is 0 Å². The van der Waals surface area contributed by atoms with Gasteiger partial charge in [0.2, 0.25) is 0 Å². The van der Waals surface area contributed by atoms with Gasteiger partial charge in [-0.2, -0.15) is 0 Å². The van der Waals surface area contributed by atoms with Gasteiger partial charge in [0.1, 0.15) is 0 Å². The van der Waals surface area contributed by atoms with Gasteiger partial charge in [0.05, 0.1) is 0 Å². The maximum atomic E-state index is 15.1. The normalized spacial score (nSPS) is 17.3. The van der Waals surface area contributed by atoms with Crippen molar-refractivity contribution < 1.29 is 16.9 Å². The molecule has 3 aromatic rings. The Bertz CT molecular complexity index is 1400. The van der Waals surface area contributed by atoms with Crippen LogP contribution in [-0.4, -0.2) is 27.3 Å². The van der Waals surface area contributed by atoms with E-state index in [0.717, 1.165) is 39.3 Å². The average Bonchev–Trinajstić information content (AvgIpc) is 2.94. The van der Waals surface area contributed by atoms with E-state index in [0.29, 0.717) is 0 Å². The zero-order valence-corrected chi connectivity index (χ0v) is 29.9. The quantitative estimate of drug-likeness (QED) is 0.212. The van der Waals surface area contributed by atoms with E-state index < -0.39 is 27.4 Å². The second-order valence-electron chi connectivity index (χ2n) is 13.2. The van der Waals surface area contributed by atoms with Crippen LogP contribution in [0.4, 0.5) is 24.5 Å². The molecule has 1 aliphatic rings. The summed E-state index contributed by atoms with van der Waals surface area (Å²) in [5.41, 5.74) is 7.61. The summed E-state index contributed by atoms with van der Waals surface area (Å²) in [7, 11) is 0. The van der Waals surface area contributed by atoms with Crippen molar-refractivity contribution in [2.45, 2.75) is 111 Å². The van der Waals surface area contributed by atoms with Crippen molar-refractivity contribution in [2.75, 3.05) is 7.71 Å². The van der Waals surface area contributed by atoms with E-state index in [-0.39, 0.29) is 35.3 Å². The molecular formula is C37H48F3GeN2O. The molecule has 44 heavy (non-hydrogen) atoms. The Labute approximate surface area is 268 Å². The molecule has 0 bridgehead atoms. The summed E-state index contributed by atoms with van der Waals surface area (Å²) in [6.07, 6.45) is -4.44. The predicted octanol–water partition coefficient (Wildman–Crippen LogP) is 11.1. The van der Waals surface area contributed by atoms with Gasteiger partial charge in [-0.1, -0.05) is 0 Å². The van der Waals surface area contributed by atoms with Gasteiger partial charge in [0, 0.05) is 0 Å². The first-order valence-electron chi connectivity index (χ1n) is 15.8. The Morgan fingerprint density at radius 2 is 1.09 bits per heavy atom. The van der Waals surface area contributed by atoms with Gasteiger partial charge in [0.15, 0.2) is 0 Å². The number of benzene rings is 3. The summed E-state index contributed by atoms with van der Waals surface area (Å²) >= 11 is -3.57. The van der Waals surface area contributed by atoms with Gasteiger partial charge in [-0.3, -0.25) is 0 Å². The van der Waals surface area contributed by atoms with Crippen LogP contribution in [-0.2, 0) is 3.76 Å². The van der Waals surface area contributed by atoms with E-state index in [1.54, 1.807) is 18.2 Å². The molecule has 4 rings (SSSR count). The first kappa shape index (κ1) is 34.2. The third-order valence-corrected chi connectivity index (χ3v) is 13.5. The fraction of sp³-hybridized carbons (Fsp3) is 0.459. The monoisotopic (exact) mass is 667 g/mol. The van der Waals surface area contributed by atoms with Crippen LogP contribution >= 0.6 is 0 Å². The second kappa shape index (κ2) is 13.7. The van der Waals surface area contributed by atoms with Gasteiger partial charge in [-0.15, -0.1) is 0 Å². The first-order valence-corrected chi connectivity index (χ1v) is 18.6. The Balaban J connectivity index is 2.10. The van der Waals surface area contributed by atoms with Crippen molar-refractivity contribution in [3.8, 4) is 0 Å². The standard InChI is InChI=1S/C37H48F3GeN2O/c1-23(2)30-18-14-19-31(24(3)4)34(30)42-27(9)22-28(10)43(35-32(25(5)6)20-15-21-33(35)26(7)8)41(42)44-36(37(38,39)40)29-16-12-11-13-17-29/h11-27,36H,1-10H3/t27?,36-/m1/s1. The van der Waals surface area contributed by atoms with E-state index in [2.05, 4.69) is 113 Å². The fourth-order valence-electron chi connectivity index (χ4n) is 6.23. The molecule has 0 saturated heterocycles. The van der Waals surface area contributed by atoms with Crippen LogP contribution in [0.15, 0.2) is 78.5 Å². The molecule has 1 aliphatic heterocycles. The molecule has 0 amide bonds. The number of nitrogens with zero attached hydrogens (tertiary/aromatic N) is 2. The number of para-hydroxylation sites is 2. The van der Waals surface area contributed by atoms with Crippen molar-refractivity contribution in [2.24, 2.45) is 0 Å². The molecule has 0 aliphatic carbocycles. The Morgan fingerprint density at radius 3 is 1.50 bits per heavy atom. The summed E-state index contributed by atoms with van der Waals surface area (Å²) in [6.45, 7) is 21.4. The molecule has 2 atom stereocenters. The third kappa shape index (κ3) is 6.91. The molecule has 3 nitrogen and oxygen atoms in total. The van der Waals surface area contributed by atoms with Gasteiger partial charge in [-0.25, -0.2) is 0 Å². The van der Waals surface area contributed by atoms with Crippen LogP contribution in [0.3, 0.4) is 0 Å². The van der Waals surface area contributed by atoms with Crippen LogP contribution in [0.1, 0.15) is 127 Å². The van der Waals surface area contributed by atoms with Crippen molar-refractivity contribution in [1.82, 2.24) is 0 Å². The fourth-order valence-corrected chi connectivity index (χ4v) is 11.7. The second-order valence-corrected chi connectivity index (χ2v) is 16.8. The van der Waals surface area contributed by atoms with E-state index in [1.807, 2.05) is 6.92 Å². The van der Waals surface area contributed by atoms with Crippen LogP contribution in [0.25, 0.3) is 0 Å². The Kier molecular flexibility index (Phi) is 10.7. The maximum absolute atomic E-state index is 15.1. The molecule has 0 saturated carbocycles. The molecule has 0 spiro atoms. The van der Waals surface area contributed by atoms with E-state index >= 15 is 13.2 Å². The molecule has 1 heterocycles. The number of hydrogen-bond acceptors (Lipinski definition) is 3.